The lowest BCUT2D eigenvalue weighted by Gasteiger charge is -2.29. The standard InChI is InChI=1S/C23H22F8O/c1-2-3-13-4-6-14(7-5-13)15-8-9-17(18(24)10-15)23(30,31)32-16-11-19(25)21(20(26)12-16)22(27,28)29/h8-14H,2-7H2,1H3/t13-,14-. The first-order chi connectivity index (χ1) is 14.9. The molecule has 0 unspecified atom stereocenters. The van der Waals surface area contributed by atoms with Crippen LogP contribution in [0.4, 0.5) is 35.1 Å². The molecule has 0 radical (unpaired) electrons. The van der Waals surface area contributed by atoms with Crippen LogP contribution in [0.1, 0.15) is 68.1 Å². The Balaban J connectivity index is 1.78. The van der Waals surface area contributed by atoms with Gasteiger partial charge in [0.15, 0.2) is 0 Å². The molecule has 32 heavy (non-hydrogen) atoms. The molecule has 0 bridgehead atoms. The average Bonchev–Trinajstić information content (AvgIpc) is 2.66. The van der Waals surface area contributed by atoms with Crippen molar-refractivity contribution in [2.75, 3.05) is 0 Å². The van der Waals surface area contributed by atoms with E-state index in [1.54, 1.807) is 0 Å². The Hall–Kier alpha value is -2.32. The van der Waals surface area contributed by atoms with Crippen molar-refractivity contribution in [2.45, 2.75) is 63.7 Å². The molecule has 0 aliphatic heterocycles. The Morgan fingerprint density at radius 1 is 0.844 bits per heavy atom. The molecule has 0 aromatic heterocycles. The van der Waals surface area contributed by atoms with Crippen LogP contribution < -0.4 is 4.74 Å². The van der Waals surface area contributed by atoms with Crippen molar-refractivity contribution >= 4 is 0 Å². The number of rotatable bonds is 6. The van der Waals surface area contributed by atoms with Gasteiger partial charge < -0.3 is 4.74 Å². The molecule has 2 aromatic rings. The number of ether oxygens (including phenoxy) is 1. The molecule has 1 aliphatic rings. The van der Waals surface area contributed by atoms with Crippen LogP contribution in [0.25, 0.3) is 0 Å². The van der Waals surface area contributed by atoms with Gasteiger partial charge in [0, 0.05) is 12.1 Å². The normalized spacial score (nSPS) is 19.8. The lowest BCUT2D eigenvalue weighted by molar-refractivity contribution is -0.187. The zero-order chi connectivity index (χ0) is 23.7. The van der Waals surface area contributed by atoms with Crippen LogP contribution in [0.3, 0.4) is 0 Å². The maximum atomic E-state index is 14.5. The summed E-state index contributed by atoms with van der Waals surface area (Å²) in [6, 6.07) is 3.15. The number of hydrogen-bond acceptors (Lipinski definition) is 1. The van der Waals surface area contributed by atoms with Crippen molar-refractivity contribution in [3.63, 3.8) is 0 Å². The SMILES string of the molecule is CCC[C@H]1CC[C@H](c2ccc(C(F)(F)Oc3cc(F)c(C(F)(F)F)c(F)c3)c(F)c2)CC1. The summed E-state index contributed by atoms with van der Waals surface area (Å²) in [5.74, 6) is -6.04. The van der Waals surface area contributed by atoms with Gasteiger partial charge in [-0.3, -0.25) is 0 Å². The first-order valence-corrected chi connectivity index (χ1v) is 10.3. The third-order valence-corrected chi connectivity index (χ3v) is 5.87. The molecule has 3 rings (SSSR count). The van der Waals surface area contributed by atoms with Crippen molar-refractivity contribution in [1.29, 1.82) is 0 Å². The summed E-state index contributed by atoms with van der Waals surface area (Å²) in [6.45, 7) is 2.11. The van der Waals surface area contributed by atoms with E-state index < -0.39 is 46.6 Å². The van der Waals surface area contributed by atoms with Gasteiger partial charge in [-0.15, -0.1) is 0 Å². The van der Waals surface area contributed by atoms with E-state index in [9.17, 15) is 35.1 Å². The molecule has 0 spiro atoms. The summed E-state index contributed by atoms with van der Waals surface area (Å²) in [4.78, 5) is 0. The van der Waals surface area contributed by atoms with Crippen LogP contribution in [0.2, 0.25) is 0 Å². The van der Waals surface area contributed by atoms with Gasteiger partial charge in [-0.05, 0) is 55.2 Å². The van der Waals surface area contributed by atoms with Gasteiger partial charge in [0.05, 0.1) is 5.56 Å². The molecule has 0 heterocycles. The summed E-state index contributed by atoms with van der Waals surface area (Å²) in [5, 5.41) is 0. The number of halogens is 8. The molecule has 0 amide bonds. The minimum Gasteiger partial charge on any atom is -0.429 e. The minimum atomic E-state index is -5.35. The van der Waals surface area contributed by atoms with E-state index in [1.165, 1.54) is 6.07 Å². The third-order valence-electron chi connectivity index (χ3n) is 5.87. The molecule has 176 valence electrons. The predicted molar refractivity (Wildman–Crippen MR) is 102 cm³/mol. The van der Waals surface area contributed by atoms with Gasteiger partial charge in [0.2, 0.25) is 0 Å². The van der Waals surface area contributed by atoms with Gasteiger partial charge >= 0.3 is 12.3 Å². The fraction of sp³-hybridized carbons (Fsp3) is 0.478. The number of benzene rings is 2. The Labute approximate surface area is 180 Å². The third kappa shape index (κ3) is 5.35. The van der Waals surface area contributed by atoms with Crippen LogP contribution in [0.5, 0.6) is 5.75 Å². The molecule has 1 saturated carbocycles. The molecule has 2 aromatic carbocycles. The molecule has 1 nitrogen and oxygen atoms in total. The van der Waals surface area contributed by atoms with Gasteiger partial charge in [0.1, 0.15) is 28.8 Å². The van der Waals surface area contributed by atoms with Crippen molar-refractivity contribution in [2.24, 2.45) is 5.92 Å². The number of hydrogen-bond donors (Lipinski definition) is 0. The lowest BCUT2D eigenvalue weighted by atomic mass is 9.77. The Morgan fingerprint density at radius 2 is 1.44 bits per heavy atom. The summed E-state index contributed by atoms with van der Waals surface area (Å²) >= 11 is 0. The van der Waals surface area contributed by atoms with Crippen LogP contribution >= 0.6 is 0 Å². The first kappa shape index (κ1) is 24.3. The van der Waals surface area contributed by atoms with E-state index in [0.29, 0.717) is 11.5 Å². The molecular weight excluding hydrogens is 444 g/mol. The monoisotopic (exact) mass is 466 g/mol. The Bertz CT molecular complexity index is 922. The van der Waals surface area contributed by atoms with Gasteiger partial charge in [-0.1, -0.05) is 25.8 Å². The Morgan fingerprint density at radius 3 is 1.94 bits per heavy atom. The van der Waals surface area contributed by atoms with Crippen LogP contribution in [0.15, 0.2) is 30.3 Å². The van der Waals surface area contributed by atoms with Crippen LogP contribution in [-0.2, 0) is 12.3 Å². The highest BCUT2D eigenvalue weighted by atomic mass is 19.4. The van der Waals surface area contributed by atoms with Gasteiger partial charge in [0.25, 0.3) is 0 Å². The molecule has 1 aliphatic carbocycles. The van der Waals surface area contributed by atoms with E-state index in [4.69, 9.17) is 0 Å². The summed E-state index contributed by atoms with van der Waals surface area (Å²) < 4.78 is 113. The molecular formula is C23H22F8O. The van der Waals surface area contributed by atoms with E-state index in [2.05, 4.69) is 11.7 Å². The van der Waals surface area contributed by atoms with E-state index in [1.807, 2.05) is 0 Å². The minimum absolute atomic E-state index is 0.0131. The maximum Gasteiger partial charge on any atom is 0.429 e. The predicted octanol–water partition coefficient (Wildman–Crippen LogP) is 8.32. The maximum absolute atomic E-state index is 14.5. The van der Waals surface area contributed by atoms with Crippen molar-refractivity contribution in [1.82, 2.24) is 0 Å². The molecule has 0 atom stereocenters. The lowest BCUT2D eigenvalue weighted by Crippen LogP contribution is -2.24. The second-order valence-electron chi connectivity index (χ2n) is 8.12. The van der Waals surface area contributed by atoms with E-state index in [-0.39, 0.29) is 18.1 Å². The smallest absolute Gasteiger partial charge is 0.429 e. The summed E-state index contributed by atoms with van der Waals surface area (Å²) in [5.41, 5.74) is -2.83. The molecule has 0 N–H and O–H groups in total. The van der Waals surface area contributed by atoms with Crippen molar-refractivity contribution in [3.8, 4) is 5.75 Å². The quantitative estimate of drug-likeness (QED) is 0.389. The Kier molecular flexibility index (Phi) is 7.05. The molecule has 9 heteroatoms. The highest BCUT2D eigenvalue weighted by Gasteiger charge is 2.41. The van der Waals surface area contributed by atoms with Gasteiger partial charge in [-0.2, -0.15) is 22.0 Å². The zero-order valence-corrected chi connectivity index (χ0v) is 17.2. The summed E-state index contributed by atoms with van der Waals surface area (Å²) in [7, 11) is 0. The first-order valence-electron chi connectivity index (χ1n) is 10.3. The fourth-order valence-electron chi connectivity index (χ4n) is 4.30. The van der Waals surface area contributed by atoms with Crippen molar-refractivity contribution < 1.29 is 39.9 Å². The second kappa shape index (κ2) is 9.27. The highest BCUT2D eigenvalue weighted by Crippen LogP contribution is 2.41. The summed E-state index contributed by atoms with van der Waals surface area (Å²) in [6.07, 6.45) is -3.92. The van der Waals surface area contributed by atoms with Gasteiger partial charge in [-0.25, -0.2) is 13.2 Å². The zero-order valence-electron chi connectivity index (χ0n) is 17.2. The topological polar surface area (TPSA) is 9.23 Å². The average molecular weight is 466 g/mol. The molecule has 0 saturated heterocycles. The fourth-order valence-corrected chi connectivity index (χ4v) is 4.30. The largest absolute Gasteiger partial charge is 0.429 e. The van der Waals surface area contributed by atoms with E-state index in [0.717, 1.165) is 50.7 Å². The van der Waals surface area contributed by atoms with Crippen molar-refractivity contribution in [3.05, 3.63) is 64.5 Å². The highest BCUT2D eigenvalue weighted by molar-refractivity contribution is 5.34. The second-order valence-corrected chi connectivity index (χ2v) is 8.12. The van der Waals surface area contributed by atoms with Crippen LogP contribution in [-0.4, -0.2) is 0 Å². The molecule has 1 fully saturated rings. The number of alkyl halides is 5. The van der Waals surface area contributed by atoms with Crippen LogP contribution in [0, 0.1) is 23.4 Å². The van der Waals surface area contributed by atoms with E-state index >= 15 is 0 Å².